The SMILES string of the molecule is C[C@H](NC(=O)CN1CCN(c2ccc(O)cc2)CC1)c1ccc(F)cc1F. The van der Waals surface area contributed by atoms with Gasteiger partial charge < -0.3 is 15.3 Å². The summed E-state index contributed by atoms with van der Waals surface area (Å²) < 4.78 is 26.8. The topological polar surface area (TPSA) is 55.8 Å². The average molecular weight is 375 g/mol. The van der Waals surface area contributed by atoms with Gasteiger partial charge in [0.15, 0.2) is 0 Å². The van der Waals surface area contributed by atoms with E-state index < -0.39 is 17.7 Å². The second-order valence-electron chi connectivity index (χ2n) is 6.73. The van der Waals surface area contributed by atoms with Crippen LogP contribution in [0.25, 0.3) is 0 Å². The fourth-order valence-corrected chi connectivity index (χ4v) is 3.25. The Kier molecular flexibility index (Phi) is 5.91. The molecule has 1 atom stereocenters. The molecule has 7 heteroatoms. The number of hydrogen-bond acceptors (Lipinski definition) is 4. The molecule has 1 amide bonds. The number of nitrogens with zero attached hydrogens (tertiary/aromatic N) is 2. The molecular weight excluding hydrogens is 352 g/mol. The third-order valence-corrected chi connectivity index (χ3v) is 4.76. The van der Waals surface area contributed by atoms with Crippen LogP contribution in [-0.4, -0.2) is 48.6 Å². The quantitative estimate of drug-likeness (QED) is 0.844. The number of hydrogen-bond donors (Lipinski definition) is 2. The van der Waals surface area contributed by atoms with Crippen molar-refractivity contribution in [2.24, 2.45) is 0 Å². The summed E-state index contributed by atoms with van der Waals surface area (Å²) in [6, 6.07) is 9.89. The Hall–Kier alpha value is -2.67. The smallest absolute Gasteiger partial charge is 0.234 e. The van der Waals surface area contributed by atoms with Gasteiger partial charge >= 0.3 is 0 Å². The summed E-state index contributed by atoms with van der Waals surface area (Å²) in [6.45, 7) is 4.93. The summed E-state index contributed by atoms with van der Waals surface area (Å²) in [6.07, 6.45) is 0. The third-order valence-electron chi connectivity index (χ3n) is 4.76. The maximum Gasteiger partial charge on any atom is 0.234 e. The Labute approximate surface area is 157 Å². The summed E-state index contributed by atoms with van der Waals surface area (Å²) in [7, 11) is 0. The van der Waals surface area contributed by atoms with Gasteiger partial charge in [0.05, 0.1) is 12.6 Å². The van der Waals surface area contributed by atoms with Gasteiger partial charge in [0, 0.05) is 43.5 Å². The number of phenolic OH excluding ortho intramolecular Hbond substituents is 1. The Bertz CT molecular complexity index is 790. The molecular formula is C20H23F2N3O2. The zero-order chi connectivity index (χ0) is 19.4. The molecule has 1 saturated heterocycles. The van der Waals surface area contributed by atoms with E-state index in [0.717, 1.165) is 37.9 Å². The van der Waals surface area contributed by atoms with Crippen molar-refractivity contribution < 1.29 is 18.7 Å². The number of nitrogens with one attached hydrogen (secondary N) is 1. The van der Waals surface area contributed by atoms with Crippen LogP contribution in [0.15, 0.2) is 42.5 Å². The van der Waals surface area contributed by atoms with Crippen molar-refractivity contribution in [2.75, 3.05) is 37.6 Å². The average Bonchev–Trinajstić information content (AvgIpc) is 2.63. The maximum atomic E-state index is 13.8. The highest BCUT2D eigenvalue weighted by Gasteiger charge is 2.21. The van der Waals surface area contributed by atoms with Crippen LogP contribution in [0.1, 0.15) is 18.5 Å². The zero-order valence-electron chi connectivity index (χ0n) is 15.2. The largest absolute Gasteiger partial charge is 0.508 e. The molecule has 144 valence electrons. The minimum atomic E-state index is -0.662. The van der Waals surface area contributed by atoms with E-state index in [-0.39, 0.29) is 23.8 Å². The summed E-state index contributed by atoms with van der Waals surface area (Å²) in [4.78, 5) is 16.5. The Morgan fingerprint density at radius 1 is 1.11 bits per heavy atom. The van der Waals surface area contributed by atoms with Crippen LogP contribution in [0, 0.1) is 11.6 Å². The number of carbonyl (C=O) groups excluding carboxylic acids is 1. The molecule has 0 radical (unpaired) electrons. The summed E-state index contributed by atoms with van der Waals surface area (Å²) in [5.74, 6) is -1.25. The lowest BCUT2D eigenvalue weighted by molar-refractivity contribution is -0.123. The first kappa shape index (κ1) is 19.1. The van der Waals surface area contributed by atoms with E-state index in [4.69, 9.17) is 0 Å². The molecule has 2 aromatic carbocycles. The number of benzene rings is 2. The molecule has 0 bridgehead atoms. The second-order valence-corrected chi connectivity index (χ2v) is 6.73. The van der Waals surface area contributed by atoms with Gasteiger partial charge in [0.25, 0.3) is 0 Å². The lowest BCUT2D eigenvalue weighted by Crippen LogP contribution is -2.49. The molecule has 5 nitrogen and oxygen atoms in total. The van der Waals surface area contributed by atoms with Crippen LogP contribution in [-0.2, 0) is 4.79 Å². The van der Waals surface area contributed by atoms with Gasteiger partial charge in [-0.1, -0.05) is 6.07 Å². The number of amides is 1. The molecule has 0 aromatic heterocycles. The van der Waals surface area contributed by atoms with Gasteiger partial charge in [-0.2, -0.15) is 0 Å². The molecule has 1 fully saturated rings. The highest BCUT2D eigenvalue weighted by molar-refractivity contribution is 5.78. The molecule has 2 aromatic rings. The van der Waals surface area contributed by atoms with Gasteiger partial charge in [-0.25, -0.2) is 8.78 Å². The van der Waals surface area contributed by atoms with Gasteiger partial charge in [-0.15, -0.1) is 0 Å². The fraction of sp³-hybridized carbons (Fsp3) is 0.350. The molecule has 1 aliphatic rings. The number of piperazine rings is 1. The van der Waals surface area contributed by atoms with E-state index in [2.05, 4.69) is 10.2 Å². The highest BCUT2D eigenvalue weighted by atomic mass is 19.1. The van der Waals surface area contributed by atoms with Crippen molar-refractivity contribution in [3.63, 3.8) is 0 Å². The lowest BCUT2D eigenvalue weighted by atomic mass is 10.1. The number of halogens is 2. The molecule has 0 aliphatic carbocycles. The minimum absolute atomic E-state index is 0.190. The van der Waals surface area contributed by atoms with Crippen molar-refractivity contribution in [3.05, 3.63) is 59.7 Å². The highest BCUT2D eigenvalue weighted by Crippen LogP contribution is 2.20. The van der Waals surface area contributed by atoms with Gasteiger partial charge in [-0.3, -0.25) is 9.69 Å². The number of anilines is 1. The standard InChI is InChI=1S/C20H23F2N3O2/c1-14(18-7-2-15(21)12-19(18)22)23-20(27)13-24-8-10-25(11-9-24)16-3-5-17(26)6-4-16/h2-7,12,14,26H,8-11,13H2,1H3,(H,23,27)/t14-/m0/s1. The van der Waals surface area contributed by atoms with Crippen molar-refractivity contribution >= 4 is 11.6 Å². The summed E-state index contributed by atoms with van der Waals surface area (Å²) in [5, 5.41) is 12.1. The van der Waals surface area contributed by atoms with Crippen molar-refractivity contribution in [1.82, 2.24) is 10.2 Å². The monoisotopic (exact) mass is 375 g/mol. The van der Waals surface area contributed by atoms with E-state index in [0.29, 0.717) is 0 Å². The molecule has 3 rings (SSSR count). The zero-order valence-corrected chi connectivity index (χ0v) is 15.2. The van der Waals surface area contributed by atoms with Crippen molar-refractivity contribution in [2.45, 2.75) is 13.0 Å². The van der Waals surface area contributed by atoms with Crippen LogP contribution >= 0.6 is 0 Å². The van der Waals surface area contributed by atoms with Crippen LogP contribution < -0.4 is 10.2 Å². The number of rotatable bonds is 5. The van der Waals surface area contributed by atoms with Crippen LogP contribution in [0.2, 0.25) is 0 Å². The van der Waals surface area contributed by atoms with E-state index >= 15 is 0 Å². The number of aromatic hydroxyl groups is 1. The van der Waals surface area contributed by atoms with Crippen molar-refractivity contribution in [1.29, 1.82) is 0 Å². The fourth-order valence-electron chi connectivity index (χ4n) is 3.25. The van der Waals surface area contributed by atoms with E-state index in [1.165, 1.54) is 12.1 Å². The van der Waals surface area contributed by atoms with E-state index in [1.807, 2.05) is 17.0 Å². The summed E-state index contributed by atoms with van der Waals surface area (Å²) >= 11 is 0. The second kappa shape index (κ2) is 8.35. The predicted octanol–water partition coefficient (Wildman–Crippen LogP) is 2.67. The molecule has 0 spiro atoms. The van der Waals surface area contributed by atoms with Crippen LogP contribution in [0.5, 0.6) is 5.75 Å². The van der Waals surface area contributed by atoms with Gasteiger partial charge in [0.2, 0.25) is 5.91 Å². The molecule has 1 aliphatic heterocycles. The normalized spacial score (nSPS) is 16.2. The molecule has 27 heavy (non-hydrogen) atoms. The van der Waals surface area contributed by atoms with E-state index in [1.54, 1.807) is 19.1 Å². The summed E-state index contributed by atoms with van der Waals surface area (Å²) in [5.41, 5.74) is 1.30. The lowest BCUT2D eigenvalue weighted by Gasteiger charge is -2.35. The molecule has 2 N–H and O–H groups in total. The third kappa shape index (κ3) is 4.95. The van der Waals surface area contributed by atoms with Crippen LogP contribution in [0.3, 0.4) is 0 Å². The van der Waals surface area contributed by atoms with Crippen LogP contribution in [0.4, 0.5) is 14.5 Å². The molecule has 0 saturated carbocycles. The van der Waals surface area contributed by atoms with Gasteiger partial charge in [-0.05, 0) is 37.3 Å². The number of phenols is 1. The minimum Gasteiger partial charge on any atom is -0.508 e. The van der Waals surface area contributed by atoms with Crippen molar-refractivity contribution in [3.8, 4) is 5.75 Å². The number of carbonyl (C=O) groups is 1. The first-order valence-electron chi connectivity index (χ1n) is 8.93. The Morgan fingerprint density at radius 2 is 1.78 bits per heavy atom. The first-order valence-corrected chi connectivity index (χ1v) is 8.93. The van der Waals surface area contributed by atoms with Gasteiger partial charge in [0.1, 0.15) is 17.4 Å². The maximum absolute atomic E-state index is 13.8. The first-order chi connectivity index (χ1) is 12.9. The predicted molar refractivity (Wildman–Crippen MR) is 99.7 cm³/mol. The Balaban J connectivity index is 1.48. The molecule has 1 heterocycles. The Morgan fingerprint density at radius 3 is 2.41 bits per heavy atom. The van der Waals surface area contributed by atoms with E-state index in [9.17, 15) is 18.7 Å². The molecule has 0 unspecified atom stereocenters.